The van der Waals surface area contributed by atoms with Gasteiger partial charge in [-0.05, 0) is 110 Å². The second-order valence-electron chi connectivity index (χ2n) is 13.9. The van der Waals surface area contributed by atoms with Crippen molar-refractivity contribution in [2.24, 2.45) is 40.9 Å². The zero-order valence-electron chi connectivity index (χ0n) is 23.0. The number of rotatable bonds is 6. The molecule has 190 valence electrons. The molecule has 0 aliphatic heterocycles. The van der Waals surface area contributed by atoms with Gasteiger partial charge >= 0.3 is 0 Å². The van der Waals surface area contributed by atoms with Crippen LogP contribution in [0, 0.1) is 40.9 Å². The van der Waals surface area contributed by atoms with Crippen molar-refractivity contribution in [1.29, 1.82) is 0 Å². The van der Waals surface area contributed by atoms with Crippen LogP contribution in [0.4, 0.5) is 0 Å². The third-order valence-corrected chi connectivity index (χ3v) is 11.6. The summed E-state index contributed by atoms with van der Waals surface area (Å²) in [5.41, 5.74) is 6.81. The molecule has 0 radical (unpaired) electrons. The Hall–Kier alpha value is -1.57. The number of benzene rings is 1. The predicted octanol–water partition coefficient (Wildman–Crippen LogP) is 8.54. The molecule has 6 rings (SSSR count). The molecule has 0 N–H and O–H groups in total. The van der Waals surface area contributed by atoms with E-state index in [1.165, 1.54) is 87.7 Å². The number of fused-ring (bicyclic) bond motifs is 4. The molecule has 0 saturated heterocycles. The van der Waals surface area contributed by atoms with Gasteiger partial charge in [0, 0.05) is 11.3 Å². The summed E-state index contributed by atoms with van der Waals surface area (Å²) in [5.74, 6) is 5.25. The second-order valence-corrected chi connectivity index (χ2v) is 13.9. The standard InChI is InChI=1S/C33H48N2/c1-22(2)11-9-12-23(3)26-16-17-27-25-21-29-31-30(35(34-29)24-13-7-6-8-14-24)15-10-19-33(31,5)28(25)18-20-32(26,27)4/h6-8,13-14,22-23,25-28H,9-12,15-21H2,1-5H3. The van der Waals surface area contributed by atoms with Gasteiger partial charge in [-0.25, -0.2) is 4.68 Å². The molecule has 7 unspecified atom stereocenters. The molecular formula is C33H48N2. The van der Waals surface area contributed by atoms with Crippen LogP contribution in [0.15, 0.2) is 30.3 Å². The number of hydrogen-bond acceptors (Lipinski definition) is 1. The number of nitrogens with zero attached hydrogens (tertiary/aromatic N) is 2. The van der Waals surface area contributed by atoms with Crippen molar-refractivity contribution in [3.05, 3.63) is 47.3 Å². The number of para-hydroxylation sites is 1. The molecule has 35 heavy (non-hydrogen) atoms. The van der Waals surface area contributed by atoms with E-state index in [0.717, 1.165) is 35.5 Å². The molecule has 2 aromatic rings. The molecule has 4 aliphatic rings. The number of aromatic nitrogens is 2. The Morgan fingerprint density at radius 2 is 1.77 bits per heavy atom. The SMILES string of the molecule is CC(C)CCCC(C)C1CCC2C3Cc4nn(-c5ccccc5)c5c4C(C)(CCC5)C3CCC12C. The van der Waals surface area contributed by atoms with Gasteiger partial charge in [0.2, 0.25) is 0 Å². The summed E-state index contributed by atoms with van der Waals surface area (Å²) in [5, 5.41) is 5.38. The van der Waals surface area contributed by atoms with E-state index in [-0.39, 0.29) is 0 Å². The van der Waals surface area contributed by atoms with Crippen LogP contribution in [0.3, 0.4) is 0 Å². The van der Waals surface area contributed by atoms with Crippen molar-refractivity contribution in [2.45, 2.75) is 111 Å². The predicted molar refractivity (Wildman–Crippen MR) is 146 cm³/mol. The average molecular weight is 473 g/mol. The molecule has 2 saturated carbocycles. The van der Waals surface area contributed by atoms with Gasteiger partial charge in [-0.3, -0.25) is 0 Å². The second kappa shape index (κ2) is 8.77. The van der Waals surface area contributed by atoms with Crippen LogP contribution in [-0.4, -0.2) is 9.78 Å². The van der Waals surface area contributed by atoms with Crippen molar-refractivity contribution in [3.63, 3.8) is 0 Å². The lowest BCUT2D eigenvalue weighted by molar-refractivity contribution is -0.0386. The quantitative estimate of drug-likeness (QED) is 0.412. The fraction of sp³-hybridized carbons (Fsp3) is 0.727. The third kappa shape index (κ3) is 3.67. The van der Waals surface area contributed by atoms with Gasteiger partial charge in [0.1, 0.15) is 0 Å². The van der Waals surface area contributed by atoms with Crippen LogP contribution in [0.2, 0.25) is 0 Å². The smallest absolute Gasteiger partial charge is 0.0672 e. The van der Waals surface area contributed by atoms with E-state index in [2.05, 4.69) is 69.6 Å². The van der Waals surface area contributed by atoms with Crippen molar-refractivity contribution < 1.29 is 0 Å². The van der Waals surface area contributed by atoms with Gasteiger partial charge in [0.05, 0.1) is 11.4 Å². The summed E-state index contributed by atoms with van der Waals surface area (Å²) in [7, 11) is 0. The summed E-state index contributed by atoms with van der Waals surface area (Å²) in [6.07, 6.45) is 15.2. The normalized spacial score (nSPS) is 36.5. The van der Waals surface area contributed by atoms with Crippen molar-refractivity contribution in [2.75, 3.05) is 0 Å². The van der Waals surface area contributed by atoms with Crippen molar-refractivity contribution in [1.82, 2.24) is 9.78 Å². The molecule has 1 aromatic carbocycles. The van der Waals surface area contributed by atoms with Crippen molar-refractivity contribution in [3.8, 4) is 5.69 Å². The van der Waals surface area contributed by atoms with E-state index in [1.54, 1.807) is 5.56 Å². The van der Waals surface area contributed by atoms with Gasteiger partial charge in [-0.15, -0.1) is 0 Å². The maximum absolute atomic E-state index is 5.38. The minimum Gasteiger partial charge on any atom is -0.237 e. The Balaban J connectivity index is 1.31. The van der Waals surface area contributed by atoms with Crippen molar-refractivity contribution >= 4 is 0 Å². The lowest BCUT2D eigenvalue weighted by atomic mass is 9.47. The average Bonchev–Trinajstić information content (AvgIpc) is 3.38. The van der Waals surface area contributed by atoms with E-state index in [9.17, 15) is 0 Å². The maximum atomic E-state index is 5.38. The van der Waals surface area contributed by atoms with E-state index in [1.807, 2.05) is 0 Å². The largest absolute Gasteiger partial charge is 0.237 e. The first kappa shape index (κ1) is 23.8. The molecule has 2 heteroatoms. The Labute approximate surface area is 214 Å². The van der Waals surface area contributed by atoms with Gasteiger partial charge in [0.15, 0.2) is 0 Å². The first-order valence-electron chi connectivity index (χ1n) is 15.0. The van der Waals surface area contributed by atoms with Gasteiger partial charge in [-0.2, -0.15) is 5.10 Å². The molecule has 1 aromatic heterocycles. The summed E-state index contributed by atoms with van der Waals surface area (Å²) >= 11 is 0. The van der Waals surface area contributed by atoms with E-state index >= 15 is 0 Å². The first-order valence-corrected chi connectivity index (χ1v) is 15.0. The molecule has 4 aliphatic carbocycles. The highest BCUT2D eigenvalue weighted by Crippen LogP contribution is 2.66. The van der Waals surface area contributed by atoms with E-state index in [0.29, 0.717) is 10.8 Å². The Morgan fingerprint density at radius 1 is 0.971 bits per heavy atom. The molecular weight excluding hydrogens is 424 g/mol. The maximum Gasteiger partial charge on any atom is 0.0672 e. The summed E-state index contributed by atoms with van der Waals surface area (Å²) in [4.78, 5) is 0. The fourth-order valence-corrected chi connectivity index (χ4v) is 10.0. The van der Waals surface area contributed by atoms with Gasteiger partial charge < -0.3 is 0 Å². The molecule has 0 bridgehead atoms. The lowest BCUT2D eigenvalue weighted by Crippen LogP contribution is -2.52. The molecule has 0 spiro atoms. The zero-order chi connectivity index (χ0) is 24.4. The highest BCUT2D eigenvalue weighted by atomic mass is 15.3. The van der Waals surface area contributed by atoms with Crippen LogP contribution in [0.25, 0.3) is 5.69 Å². The van der Waals surface area contributed by atoms with E-state index < -0.39 is 0 Å². The van der Waals surface area contributed by atoms with Crippen LogP contribution in [-0.2, 0) is 18.3 Å². The molecule has 7 atom stereocenters. The summed E-state index contributed by atoms with van der Waals surface area (Å²) in [6.45, 7) is 12.7. The highest BCUT2D eigenvalue weighted by Gasteiger charge is 2.60. The van der Waals surface area contributed by atoms with Crippen LogP contribution < -0.4 is 0 Å². The molecule has 2 fully saturated rings. The Kier molecular flexibility index (Phi) is 5.97. The van der Waals surface area contributed by atoms with Gasteiger partial charge in [-0.1, -0.05) is 72.1 Å². The Bertz CT molecular complexity index is 1050. The minimum atomic E-state index is 0.334. The van der Waals surface area contributed by atoms with Crippen LogP contribution in [0.5, 0.6) is 0 Å². The lowest BCUT2D eigenvalue weighted by Gasteiger charge is -2.57. The zero-order valence-corrected chi connectivity index (χ0v) is 23.0. The topological polar surface area (TPSA) is 17.8 Å². The third-order valence-electron chi connectivity index (χ3n) is 11.6. The Morgan fingerprint density at radius 3 is 2.54 bits per heavy atom. The monoisotopic (exact) mass is 472 g/mol. The van der Waals surface area contributed by atoms with Crippen LogP contribution >= 0.6 is 0 Å². The first-order chi connectivity index (χ1) is 16.8. The summed E-state index contributed by atoms with van der Waals surface area (Å²) < 4.78 is 2.34. The fourth-order valence-electron chi connectivity index (χ4n) is 10.0. The van der Waals surface area contributed by atoms with Crippen LogP contribution in [0.1, 0.15) is 109 Å². The number of hydrogen-bond donors (Lipinski definition) is 0. The summed E-state index contributed by atoms with van der Waals surface area (Å²) in [6, 6.07) is 10.9. The molecule has 1 heterocycles. The molecule has 2 nitrogen and oxygen atoms in total. The minimum absolute atomic E-state index is 0.334. The van der Waals surface area contributed by atoms with E-state index in [4.69, 9.17) is 5.10 Å². The highest BCUT2D eigenvalue weighted by molar-refractivity contribution is 5.45. The van der Waals surface area contributed by atoms with Gasteiger partial charge in [0.25, 0.3) is 0 Å². The molecule has 0 amide bonds.